The van der Waals surface area contributed by atoms with Crippen LogP contribution in [-0.2, 0) is 0 Å². The summed E-state index contributed by atoms with van der Waals surface area (Å²) in [7, 11) is 0. The highest BCUT2D eigenvalue weighted by molar-refractivity contribution is 5.96. The highest BCUT2D eigenvalue weighted by Crippen LogP contribution is 2.22. The van der Waals surface area contributed by atoms with Crippen molar-refractivity contribution in [2.75, 3.05) is 0 Å². The second kappa shape index (κ2) is 4.29. The lowest BCUT2D eigenvalue weighted by atomic mass is 10.1. The van der Waals surface area contributed by atoms with Crippen LogP contribution < -0.4 is 0 Å². The molecule has 0 heterocycles. The molecule has 0 unspecified atom stereocenters. The van der Waals surface area contributed by atoms with Gasteiger partial charge < -0.3 is 0 Å². The summed E-state index contributed by atoms with van der Waals surface area (Å²) in [6.07, 6.45) is -4.31. The number of carbonyl (C=O) groups excluding carboxylic acids is 1. The first kappa shape index (κ1) is 11.5. The molecule has 0 radical (unpaired) electrons. The predicted molar refractivity (Wildman–Crippen MR) is 51.5 cm³/mol. The summed E-state index contributed by atoms with van der Waals surface area (Å²) in [5.41, 5.74) is 0.830. The Bertz CT molecular complexity index is 362. The van der Waals surface area contributed by atoms with E-state index in [1.807, 2.05) is 0 Å². The Labute approximate surface area is 85.2 Å². The molecule has 0 aromatic heterocycles. The average molecular weight is 214 g/mol. The molecule has 1 aromatic rings. The van der Waals surface area contributed by atoms with Gasteiger partial charge in [0.05, 0.1) is 0 Å². The lowest BCUT2D eigenvalue weighted by Gasteiger charge is -2.05. The molecule has 4 heteroatoms. The maximum Gasteiger partial charge on any atom is 0.396 e. The molecule has 0 amide bonds. The monoisotopic (exact) mass is 214 g/mol. The third-order valence-electron chi connectivity index (χ3n) is 1.83. The summed E-state index contributed by atoms with van der Waals surface area (Å²) in [6.45, 7) is 3.50. The van der Waals surface area contributed by atoms with Gasteiger partial charge in [0, 0.05) is 5.56 Å². The average Bonchev–Trinajstić information content (AvgIpc) is 2.15. The second-order valence-corrected chi connectivity index (χ2v) is 3.04. The van der Waals surface area contributed by atoms with Crippen LogP contribution in [0.1, 0.15) is 22.3 Å². The van der Waals surface area contributed by atoms with Gasteiger partial charge in [-0.15, -0.1) is 0 Å². The fourth-order valence-corrected chi connectivity index (χ4v) is 1.09. The molecule has 1 aromatic carbocycles. The normalized spacial score (nSPS) is 11.1. The molecule has 0 bridgehead atoms. The van der Waals surface area contributed by atoms with Crippen LogP contribution in [0.2, 0.25) is 0 Å². The van der Waals surface area contributed by atoms with E-state index in [1.165, 1.54) is 12.1 Å². The number of hydrogen-bond donors (Lipinski definition) is 0. The maximum absolute atomic E-state index is 11.9. The lowest BCUT2D eigenvalue weighted by Crippen LogP contribution is -2.14. The molecule has 80 valence electrons. The molecular formula is C11H9F3O. The highest BCUT2D eigenvalue weighted by Gasteiger charge is 2.31. The fourth-order valence-electron chi connectivity index (χ4n) is 1.09. The lowest BCUT2D eigenvalue weighted by molar-refractivity contribution is -0.125. The van der Waals surface area contributed by atoms with Crippen molar-refractivity contribution in [1.29, 1.82) is 0 Å². The van der Waals surface area contributed by atoms with E-state index in [0.717, 1.165) is 5.56 Å². The number of halogens is 3. The quantitative estimate of drug-likeness (QED) is 0.704. The molecule has 0 aliphatic rings. The van der Waals surface area contributed by atoms with Crippen LogP contribution in [-0.4, -0.2) is 12.0 Å². The molecule has 0 atom stereocenters. The second-order valence-electron chi connectivity index (χ2n) is 3.04. The number of carbonyl (C=O) groups is 1. The molecule has 0 spiro atoms. The molecule has 0 saturated heterocycles. The summed E-state index contributed by atoms with van der Waals surface area (Å²) >= 11 is 0. The van der Waals surface area contributed by atoms with E-state index >= 15 is 0 Å². The van der Waals surface area contributed by atoms with Crippen molar-refractivity contribution in [3.63, 3.8) is 0 Å². The van der Waals surface area contributed by atoms with Crippen LogP contribution in [0.5, 0.6) is 0 Å². The first-order valence-corrected chi connectivity index (χ1v) is 4.25. The zero-order valence-corrected chi connectivity index (χ0v) is 7.84. The van der Waals surface area contributed by atoms with Gasteiger partial charge >= 0.3 is 6.18 Å². The minimum atomic E-state index is -4.45. The largest absolute Gasteiger partial charge is 0.396 e. The minimum absolute atomic E-state index is 0.0675. The van der Waals surface area contributed by atoms with Crippen LogP contribution in [0.15, 0.2) is 30.8 Å². The minimum Gasteiger partial charge on any atom is -0.294 e. The molecule has 15 heavy (non-hydrogen) atoms. The van der Waals surface area contributed by atoms with Crippen molar-refractivity contribution in [1.82, 2.24) is 0 Å². The van der Waals surface area contributed by atoms with Crippen molar-refractivity contribution in [3.8, 4) is 0 Å². The predicted octanol–water partition coefficient (Wildman–Crippen LogP) is 3.46. The van der Waals surface area contributed by atoms with E-state index < -0.39 is 18.4 Å². The van der Waals surface area contributed by atoms with E-state index in [9.17, 15) is 18.0 Å². The van der Waals surface area contributed by atoms with Crippen molar-refractivity contribution < 1.29 is 18.0 Å². The van der Waals surface area contributed by atoms with Gasteiger partial charge in [0.2, 0.25) is 0 Å². The van der Waals surface area contributed by atoms with Gasteiger partial charge in [-0.2, -0.15) is 13.2 Å². The SMILES string of the molecule is C=Cc1ccc(C(=O)CC(F)(F)F)cc1. The first-order valence-electron chi connectivity index (χ1n) is 4.25. The van der Waals surface area contributed by atoms with Gasteiger partial charge in [0.25, 0.3) is 0 Å². The molecule has 0 aliphatic carbocycles. The molecule has 1 nitrogen and oxygen atoms in total. The van der Waals surface area contributed by atoms with Gasteiger partial charge in [0.1, 0.15) is 6.42 Å². The molecule has 0 N–H and O–H groups in total. The van der Waals surface area contributed by atoms with Crippen molar-refractivity contribution in [3.05, 3.63) is 42.0 Å². The maximum atomic E-state index is 11.9. The van der Waals surface area contributed by atoms with E-state index in [4.69, 9.17) is 0 Å². The molecule has 0 fully saturated rings. The summed E-state index contributed by atoms with van der Waals surface area (Å²) < 4.78 is 35.7. The molecule has 0 aliphatic heterocycles. The third-order valence-corrected chi connectivity index (χ3v) is 1.83. The van der Waals surface area contributed by atoms with Crippen molar-refractivity contribution >= 4 is 11.9 Å². The van der Waals surface area contributed by atoms with Crippen LogP contribution >= 0.6 is 0 Å². The number of ketones is 1. The van der Waals surface area contributed by atoms with Gasteiger partial charge in [-0.25, -0.2) is 0 Å². The van der Waals surface area contributed by atoms with Crippen LogP contribution in [0, 0.1) is 0 Å². The van der Waals surface area contributed by atoms with Gasteiger partial charge in [-0.1, -0.05) is 36.9 Å². The Morgan fingerprint density at radius 1 is 1.27 bits per heavy atom. The molecular weight excluding hydrogens is 205 g/mol. The first-order chi connectivity index (χ1) is 6.92. The van der Waals surface area contributed by atoms with E-state index in [1.54, 1.807) is 18.2 Å². The summed E-state index contributed by atoms with van der Waals surface area (Å²) in [5.74, 6) is -0.918. The number of rotatable bonds is 3. The van der Waals surface area contributed by atoms with Crippen LogP contribution in [0.3, 0.4) is 0 Å². The van der Waals surface area contributed by atoms with Crippen molar-refractivity contribution in [2.24, 2.45) is 0 Å². The fraction of sp³-hybridized carbons (Fsp3) is 0.182. The Balaban J connectivity index is 2.79. The smallest absolute Gasteiger partial charge is 0.294 e. The van der Waals surface area contributed by atoms with E-state index in [0.29, 0.717) is 0 Å². The number of alkyl halides is 3. The highest BCUT2D eigenvalue weighted by atomic mass is 19.4. The Hall–Kier alpha value is -1.58. The van der Waals surface area contributed by atoms with Gasteiger partial charge in [-0.05, 0) is 5.56 Å². The van der Waals surface area contributed by atoms with E-state index in [2.05, 4.69) is 6.58 Å². The molecule has 0 saturated carbocycles. The van der Waals surface area contributed by atoms with Crippen LogP contribution in [0.25, 0.3) is 6.08 Å². The zero-order chi connectivity index (χ0) is 11.5. The van der Waals surface area contributed by atoms with E-state index in [-0.39, 0.29) is 5.56 Å². The number of Topliss-reactive ketones (excluding diaryl/α,β-unsaturated/α-hetero) is 1. The summed E-state index contributed by atoms with van der Waals surface area (Å²) in [4.78, 5) is 11.1. The molecule has 1 rings (SSSR count). The standard InChI is InChI=1S/C11H9F3O/c1-2-8-3-5-9(6-4-8)10(15)7-11(12,13)14/h2-6H,1,7H2. The van der Waals surface area contributed by atoms with Gasteiger partial charge in [-0.3, -0.25) is 4.79 Å². The Morgan fingerprint density at radius 2 is 1.80 bits per heavy atom. The van der Waals surface area contributed by atoms with Gasteiger partial charge in [0.15, 0.2) is 5.78 Å². The topological polar surface area (TPSA) is 17.1 Å². The number of benzene rings is 1. The Morgan fingerprint density at radius 3 is 2.20 bits per heavy atom. The summed E-state index contributed by atoms with van der Waals surface area (Å²) in [5, 5.41) is 0. The Kier molecular flexibility index (Phi) is 3.29. The number of hydrogen-bond acceptors (Lipinski definition) is 1. The zero-order valence-electron chi connectivity index (χ0n) is 7.84. The summed E-state index contributed by atoms with van der Waals surface area (Å²) in [6, 6.07) is 5.84. The third kappa shape index (κ3) is 3.58. The van der Waals surface area contributed by atoms with Crippen LogP contribution in [0.4, 0.5) is 13.2 Å². The van der Waals surface area contributed by atoms with Crippen molar-refractivity contribution in [2.45, 2.75) is 12.6 Å².